The molecule has 1 aliphatic heterocycles. The molecule has 0 radical (unpaired) electrons. The van der Waals surface area contributed by atoms with E-state index in [1.807, 2.05) is 11.8 Å². The second-order valence-corrected chi connectivity index (χ2v) is 4.80. The van der Waals surface area contributed by atoms with E-state index in [0.29, 0.717) is 12.6 Å². The Morgan fingerprint density at radius 3 is 2.44 bits per heavy atom. The third-order valence-corrected chi connectivity index (χ3v) is 3.69. The fourth-order valence-electron chi connectivity index (χ4n) is 2.54. The highest BCUT2D eigenvalue weighted by Crippen LogP contribution is 2.27. The number of piperazine rings is 1. The fraction of sp³-hybridized carbons (Fsp3) is 0.571. The Morgan fingerprint density at radius 2 is 1.89 bits per heavy atom. The molecule has 2 atom stereocenters. The topological polar surface area (TPSA) is 15.3 Å². The summed E-state index contributed by atoms with van der Waals surface area (Å²) < 4.78 is 27.7. The Balaban J connectivity index is 2.32. The summed E-state index contributed by atoms with van der Waals surface area (Å²) in [5.41, 5.74) is 0.129. The summed E-state index contributed by atoms with van der Waals surface area (Å²) >= 11 is 0. The molecule has 0 spiro atoms. The zero-order chi connectivity index (χ0) is 13.1. The van der Waals surface area contributed by atoms with Crippen LogP contribution in [0.3, 0.4) is 0 Å². The second-order valence-electron chi connectivity index (χ2n) is 4.80. The Labute approximate surface area is 107 Å². The number of halogens is 2. The average molecular weight is 254 g/mol. The van der Waals surface area contributed by atoms with E-state index in [9.17, 15) is 8.78 Å². The zero-order valence-electron chi connectivity index (χ0n) is 10.9. The van der Waals surface area contributed by atoms with Crippen molar-refractivity contribution in [3.63, 3.8) is 0 Å². The van der Waals surface area contributed by atoms with Gasteiger partial charge in [-0.2, -0.15) is 0 Å². The van der Waals surface area contributed by atoms with Gasteiger partial charge in [0.15, 0.2) is 0 Å². The summed E-state index contributed by atoms with van der Waals surface area (Å²) in [4.78, 5) is 1.88. The van der Waals surface area contributed by atoms with Crippen LogP contribution in [-0.4, -0.2) is 25.2 Å². The van der Waals surface area contributed by atoms with Gasteiger partial charge in [0.2, 0.25) is 0 Å². The van der Waals surface area contributed by atoms with Gasteiger partial charge in [-0.25, -0.2) is 8.78 Å². The minimum atomic E-state index is -0.467. The first-order valence-electron chi connectivity index (χ1n) is 6.61. The number of hydrogen-bond donors (Lipinski definition) is 1. The number of hydrogen-bond acceptors (Lipinski definition) is 2. The number of nitrogens with one attached hydrogen (secondary N) is 1. The first-order chi connectivity index (χ1) is 8.67. The molecule has 0 aliphatic carbocycles. The van der Waals surface area contributed by atoms with Crippen molar-refractivity contribution in [3.05, 3.63) is 29.8 Å². The first kappa shape index (κ1) is 13.3. The van der Waals surface area contributed by atoms with Crippen molar-refractivity contribution in [2.24, 2.45) is 0 Å². The SMILES string of the molecule is CCC1CN(c2c(F)cccc2F)C(CC)CN1. The average Bonchev–Trinajstić information content (AvgIpc) is 2.38. The predicted octanol–water partition coefficient (Wildman–Crippen LogP) is 2.93. The molecule has 2 rings (SSSR count). The molecule has 1 heterocycles. The van der Waals surface area contributed by atoms with Crippen LogP contribution in [0.5, 0.6) is 0 Å². The van der Waals surface area contributed by atoms with Gasteiger partial charge in [-0.15, -0.1) is 0 Å². The number of benzene rings is 1. The molecule has 1 N–H and O–H groups in total. The summed E-state index contributed by atoms with van der Waals surface area (Å²) in [6.07, 6.45) is 1.83. The third-order valence-electron chi connectivity index (χ3n) is 3.69. The van der Waals surface area contributed by atoms with E-state index in [0.717, 1.165) is 19.4 Å². The van der Waals surface area contributed by atoms with Crippen LogP contribution in [-0.2, 0) is 0 Å². The minimum Gasteiger partial charge on any atom is -0.361 e. The van der Waals surface area contributed by atoms with Crippen LogP contribution in [0.15, 0.2) is 18.2 Å². The van der Waals surface area contributed by atoms with Crippen LogP contribution < -0.4 is 10.2 Å². The van der Waals surface area contributed by atoms with Crippen molar-refractivity contribution in [2.45, 2.75) is 38.8 Å². The molecular weight excluding hydrogens is 234 g/mol. The molecule has 1 saturated heterocycles. The van der Waals surface area contributed by atoms with E-state index in [1.165, 1.54) is 18.2 Å². The molecule has 18 heavy (non-hydrogen) atoms. The lowest BCUT2D eigenvalue weighted by Crippen LogP contribution is -2.56. The van der Waals surface area contributed by atoms with Crippen molar-refractivity contribution in [2.75, 3.05) is 18.0 Å². The van der Waals surface area contributed by atoms with Crippen LogP contribution in [0.2, 0.25) is 0 Å². The van der Waals surface area contributed by atoms with Gasteiger partial charge in [0.25, 0.3) is 0 Å². The first-order valence-corrected chi connectivity index (χ1v) is 6.61. The lowest BCUT2D eigenvalue weighted by atomic mass is 10.0. The monoisotopic (exact) mass is 254 g/mol. The van der Waals surface area contributed by atoms with Gasteiger partial charge in [-0.05, 0) is 25.0 Å². The maximum Gasteiger partial charge on any atom is 0.149 e. The highest BCUT2D eigenvalue weighted by Gasteiger charge is 2.29. The van der Waals surface area contributed by atoms with Crippen LogP contribution >= 0.6 is 0 Å². The van der Waals surface area contributed by atoms with Crippen molar-refractivity contribution in [1.82, 2.24) is 5.32 Å². The molecule has 1 aromatic rings. The Kier molecular flexibility index (Phi) is 4.17. The highest BCUT2D eigenvalue weighted by molar-refractivity contribution is 5.51. The number of anilines is 1. The van der Waals surface area contributed by atoms with Crippen LogP contribution in [0.1, 0.15) is 26.7 Å². The van der Waals surface area contributed by atoms with Gasteiger partial charge in [-0.1, -0.05) is 19.9 Å². The second kappa shape index (κ2) is 5.65. The zero-order valence-corrected chi connectivity index (χ0v) is 10.9. The maximum absolute atomic E-state index is 13.9. The standard InChI is InChI=1S/C14H20F2N2/c1-3-10-9-18(11(4-2)8-17-10)14-12(15)6-5-7-13(14)16/h5-7,10-11,17H,3-4,8-9H2,1-2H3. The summed E-state index contributed by atoms with van der Waals surface area (Å²) in [6.45, 7) is 5.57. The number of rotatable bonds is 3. The van der Waals surface area contributed by atoms with E-state index >= 15 is 0 Å². The van der Waals surface area contributed by atoms with Gasteiger partial charge in [-0.3, -0.25) is 0 Å². The summed E-state index contributed by atoms with van der Waals surface area (Å²) in [5, 5.41) is 3.42. The molecule has 1 fully saturated rings. The maximum atomic E-state index is 13.9. The van der Waals surface area contributed by atoms with Crippen LogP contribution in [0, 0.1) is 11.6 Å². The molecular formula is C14H20F2N2. The Morgan fingerprint density at radius 1 is 1.22 bits per heavy atom. The van der Waals surface area contributed by atoms with E-state index < -0.39 is 11.6 Å². The smallest absolute Gasteiger partial charge is 0.149 e. The molecule has 4 heteroatoms. The highest BCUT2D eigenvalue weighted by atomic mass is 19.1. The van der Waals surface area contributed by atoms with E-state index in [1.54, 1.807) is 0 Å². The van der Waals surface area contributed by atoms with Crippen LogP contribution in [0.4, 0.5) is 14.5 Å². The summed E-state index contributed by atoms with van der Waals surface area (Å²) in [7, 11) is 0. The van der Waals surface area contributed by atoms with Crippen molar-refractivity contribution in [1.29, 1.82) is 0 Å². The molecule has 2 unspecified atom stereocenters. The van der Waals surface area contributed by atoms with Gasteiger partial charge < -0.3 is 10.2 Å². The van der Waals surface area contributed by atoms with E-state index in [2.05, 4.69) is 12.2 Å². The van der Waals surface area contributed by atoms with Crippen molar-refractivity contribution >= 4 is 5.69 Å². The van der Waals surface area contributed by atoms with Gasteiger partial charge >= 0.3 is 0 Å². The van der Waals surface area contributed by atoms with E-state index in [-0.39, 0.29) is 11.7 Å². The van der Waals surface area contributed by atoms with Gasteiger partial charge in [0, 0.05) is 25.2 Å². The molecule has 2 nitrogen and oxygen atoms in total. The lowest BCUT2D eigenvalue weighted by molar-refractivity contribution is 0.371. The number of para-hydroxylation sites is 1. The number of nitrogens with zero attached hydrogens (tertiary/aromatic N) is 1. The molecule has 0 bridgehead atoms. The van der Waals surface area contributed by atoms with Gasteiger partial charge in [0.05, 0.1) is 0 Å². The van der Waals surface area contributed by atoms with Crippen LogP contribution in [0.25, 0.3) is 0 Å². The fourth-order valence-corrected chi connectivity index (χ4v) is 2.54. The van der Waals surface area contributed by atoms with Gasteiger partial charge in [0.1, 0.15) is 17.3 Å². The summed E-state index contributed by atoms with van der Waals surface area (Å²) in [6, 6.07) is 4.52. The molecule has 100 valence electrons. The molecule has 0 amide bonds. The van der Waals surface area contributed by atoms with Crippen molar-refractivity contribution < 1.29 is 8.78 Å². The Bertz CT molecular complexity index is 389. The quantitative estimate of drug-likeness (QED) is 0.892. The van der Waals surface area contributed by atoms with E-state index in [4.69, 9.17) is 0 Å². The molecule has 0 aromatic heterocycles. The molecule has 0 saturated carbocycles. The largest absolute Gasteiger partial charge is 0.361 e. The minimum absolute atomic E-state index is 0.129. The normalized spacial score (nSPS) is 24.3. The third kappa shape index (κ3) is 2.48. The molecule has 1 aromatic carbocycles. The summed E-state index contributed by atoms with van der Waals surface area (Å²) in [5.74, 6) is -0.935. The molecule has 1 aliphatic rings. The van der Waals surface area contributed by atoms with Crippen molar-refractivity contribution in [3.8, 4) is 0 Å². The predicted molar refractivity (Wildman–Crippen MR) is 69.9 cm³/mol. The lowest BCUT2D eigenvalue weighted by Gasteiger charge is -2.41. The Hall–Kier alpha value is -1.16.